The maximum atomic E-state index is 11.3. The summed E-state index contributed by atoms with van der Waals surface area (Å²) in [5.41, 5.74) is 7.89. The van der Waals surface area contributed by atoms with Crippen LogP contribution in [0.2, 0.25) is 0 Å². The number of aryl methyl sites for hydroxylation is 1. The number of hydrogen-bond donors (Lipinski definition) is 1. The number of amides is 1. The zero-order valence-electron chi connectivity index (χ0n) is 8.54. The first kappa shape index (κ1) is 10.2. The number of halogens is 1. The zero-order chi connectivity index (χ0) is 11.2. The molecule has 78 valence electrons. The van der Waals surface area contributed by atoms with Gasteiger partial charge in [0.1, 0.15) is 0 Å². The van der Waals surface area contributed by atoms with E-state index in [2.05, 4.69) is 15.9 Å². The molecule has 1 amide bonds. The van der Waals surface area contributed by atoms with Gasteiger partial charge in [0.25, 0.3) is 5.91 Å². The molecule has 0 aliphatic rings. The number of carbonyl (C=O) groups is 1. The van der Waals surface area contributed by atoms with Gasteiger partial charge in [0, 0.05) is 28.1 Å². The van der Waals surface area contributed by atoms with E-state index in [9.17, 15) is 4.79 Å². The molecular formula is C11H11BrN2O. The van der Waals surface area contributed by atoms with Crippen LogP contribution in [0, 0.1) is 6.92 Å². The van der Waals surface area contributed by atoms with Crippen molar-refractivity contribution in [2.45, 2.75) is 6.92 Å². The van der Waals surface area contributed by atoms with Gasteiger partial charge in [-0.3, -0.25) is 4.79 Å². The number of carbonyl (C=O) groups excluding carboxylic acids is 1. The van der Waals surface area contributed by atoms with Crippen LogP contribution in [-0.2, 0) is 7.05 Å². The maximum Gasteiger partial charge on any atom is 0.251 e. The molecule has 0 radical (unpaired) electrons. The summed E-state index contributed by atoms with van der Waals surface area (Å²) < 4.78 is 2.96. The van der Waals surface area contributed by atoms with Gasteiger partial charge in [-0.25, -0.2) is 0 Å². The predicted molar refractivity (Wildman–Crippen MR) is 63.9 cm³/mol. The van der Waals surface area contributed by atoms with Gasteiger partial charge >= 0.3 is 0 Å². The van der Waals surface area contributed by atoms with Crippen LogP contribution in [0.15, 0.2) is 22.7 Å². The average Bonchev–Trinajstić information content (AvgIpc) is 2.41. The van der Waals surface area contributed by atoms with Gasteiger partial charge in [-0.2, -0.15) is 0 Å². The molecule has 1 aromatic heterocycles. The molecule has 0 atom stereocenters. The van der Waals surface area contributed by atoms with E-state index < -0.39 is 0 Å². The summed E-state index contributed by atoms with van der Waals surface area (Å²) in [5, 5.41) is 0.908. The fourth-order valence-electron chi connectivity index (χ4n) is 1.85. The zero-order valence-corrected chi connectivity index (χ0v) is 10.1. The Balaban J connectivity index is 2.93. The minimum Gasteiger partial charge on any atom is -0.366 e. The number of aromatic nitrogens is 1. The standard InChI is InChI=1S/C11H11BrN2O/c1-6-10(11(13)15)8-4-3-7(12)5-9(8)14(6)2/h3-5H,1-2H3,(H2,13,15). The van der Waals surface area contributed by atoms with E-state index in [0.717, 1.165) is 21.1 Å². The normalized spacial score (nSPS) is 10.9. The molecule has 0 bridgehead atoms. The van der Waals surface area contributed by atoms with Crippen molar-refractivity contribution >= 4 is 32.7 Å². The molecular weight excluding hydrogens is 256 g/mol. The highest BCUT2D eigenvalue weighted by Gasteiger charge is 2.15. The smallest absolute Gasteiger partial charge is 0.251 e. The molecule has 2 rings (SSSR count). The maximum absolute atomic E-state index is 11.3. The van der Waals surface area contributed by atoms with Crippen LogP contribution in [-0.4, -0.2) is 10.5 Å². The third-order valence-corrected chi connectivity index (χ3v) is 3.20. The highest BCUT2D eigenvalue weighted by molar-refractivity contribution is 9.10. The number of primary amides is 1. The molecule has 2 aromatic rings. The van der Waals surface area contributed by atoms with Gasteiger partial charge in [-0.15, -0.1) is 0 Å². The summed E-state index contributed by atoms with van der Waals surface area (Å²) in [6.07, 6.45) is 0. The predicted octanol–water partition coefficient (Wildman–Crippen LogP) is 2.35. The second-order valence-electron chi connectivity index (χ2n) is 3.55. The number of fused-ring (bicyclic) bond motifs is 1. The number of rotatable bonds is 1. The summed E-state index contributed by atoms with van der Waals surface area (Å²) >= 11 is 3.41. The highest BCUT2D eigenvalue weighted by atomic mass is 79.9. The first-order valence-corrected chi connectivity index (χ1v) is 5.36. The largest absolute Gasteiger partial charge is 0.366 e. The number of hydrogen-bond acceptors (Lipinski definition) is 1. The van der Waals surface area contributed by atoms with E-state index in [1.54, 1.807) is 0 Å². The Hall–Kier alpha value is -1.29. The Bertz CT molecular complexity index is 557. The van der Waals surface area contributed by atoms with Crippen LogP contribution < -0.4 is 5.73 Å². The highest BCUT2D eigenvalue weighted by Crippen LogP contribution is 2.27. The molecule has 0 aliphatic heterocycles. The van der Waals surface area contributed by atoms with Gasteiger partial charge in [-0.1, -0.05) is 22.0 Å². The van der Waals surface area contributed by atoms with Gasteiger partial charge in [-0.05, 0) is 19.1 Å². The molecule has 0 fully saturated rings. The molecule has 0 saturated carbocycles. The van der Waals surface area contributed by atoms with E-state index >= 15 is 0 Å². The molecule has 0 aliphatic carbocycles. The minimum absolute atomic E-state index is 0.375. The van der Waals surface area contributed by atoms with Gasteiger partial charge in [0.15, 0.2) is 0 Å². The second kappa shape index (κ2) is 3.38. The van der Waals surface area contributed by atoms with Crippen LogP contribution >= 0.6 is 15.9 Å². The SMILES string of the molecule is Cc1c(C(N)=O)c2ccc(Br)cc2n1C. The fourth-order valence-corrected chi connectivity index (χ4v) is 2.20. The molecule has 0 spiro atoms. The van der Waals surface area contributed by atoms with Crippen molar-refractivity contribution in [2.24, 2.45) is 12.8 Å². The van der Waals surface area contributed by atoms with Crippen LogP contribution in [0.25, 0.3) is 10.9 Å². The Kier molecular flexibility index (Phi) is 2.31. The van der Waals surface area contributed by atoms with E-state index in [1.807, 2.05) is 36.7 Å². The molecule has 0 saturated heterocycles. The summed E-state index contributed by atoms with van der Waals surface area (Å²) in [5.74, 6) is -0.375. The van der Waals surface area contributed by atoms with Crippen molar-refractivity contribution in [3.8, 4) is 0 Å². The Morgan fingerprint density at radius 1 is 1.47 bits per heavy atom. The molecule has 2 N–H and O–H groups in total. The Morgan fingerprint density at radius 3 is 2.73 bits per heavy atom. The minimum atomic E-state index is -0.375. The monoisotopic (exact) mass is 266 g/mol. The van der Waals surface area contributed by atoms with Crippen molar-refractivity contribution in [3.05, 3.63) is 33.9 Å². The van der Waals surface area contributed by atoms with E-state index in [-0.39, 0.29) is 5.91 Å². The van der Waals surface area contributed by atoms with Crippen molar-refractivity contribution in [3.63, 3.8) is 0 Å². The fraction of sp³-hybridized carbons (Fsp3) is 0.182. The van der Waals surface area contributed by atoms with Crippen molar-refractivity contribution in [1.29, 1.82) is 0 Å². The molecule has 4 heteroatoms. The second-order valence-corrected chi connectivity index (χ2v) is 4.46. The van der Waals surface area contributed by atoms with E-state index in [1.165, 1.54) is 0 Å². The molecule has 1 aromatic carbocycles. The number of nitrogens with zero attached hydrogens (tertiary/aromatic N) is 1. The molecule has 0 unspecified atom stereocenters. The molecule has 1 heterocycles. The summed E-state index contributed by atoms with van der Waals surface area (Å²) in [4.78, 5) is 11.3. The van der Waals surface area contributed by atoms with Crippen LogP contribution in [0.4, 0.5) is 0 Å². The number of benzene rings is 1. The van der Waals surface area contributed by atoms with Crippen molar-refractivity contribution in [2.75, 3.05) is 0 Å². The van der Waals surface area contributed by atoms with E-state index in [4.69, 9.17) is 5.73 Å². The number of nitrogens with two attached hydrogens (primary N) is 1. The van der Waals surface area contributed by atoms with E-state index in [0.29, 0.717) is 5.56 Å². The van der Waals surface area contributed by atoms with Gasteiger partial charge < -0.3 is 10.3 Å². The lowest BCUT2D eigenvalue weighted by Crippen LogP contribution is -2.12. The van der Waals surface area contributed by atoms with Crippen molar-refractivity contribution in [1.82, 2.24) is 4.57 Å². The Morgan fingerprint density at radius 2 is 2.13 bits per heavy atom. The first-order chi connectivity index (χ1) is 7.02. The first-order valence-electron chi connectivity index (χ1n) is 4.56. The van der Waals surface area contributed by atoms with Crippen LogP contribution in [0.1, 0.15) is 16.1 Å². The summed E-state index contributed by atoms with van der Waals surface area (Å²) in [6.45, 7) is 1.90. The summed E-state index contributed by atoms with van der Waals surface area (Å²) in [7, 11) is 1.93. The lowest BCUT2D eigenvalue weighted by Gasteiger charge is -1.98. The molecule has 15 heavy (non-hydrogen) atoms. The average molecular weight is 267 g/mol. The van der Waals surface area contributed by atoms with Gasteiger partial charge in [0.05, 0.1) is 5.56 Å². The third kappa shape index (κ3) is 1.45. The quantitative estimate of drug-likeness (QED) is 0.847. The third-order valence-electron chi connectivity index (χ3n) is 2.70. The van der Waals surface area contributed by atoms with Gasteiger partial charge in [0.2, 0.25) is 0 Å². The molecule has 3 nitrogen and oxygen atoms in total. The summed E-state index contributed by atoms with van der Waals surface area (Å²) in [6, 6.07) is 5.80. The Labute approximate surface area is 96.0 Å². The van der Waals surface area contributed by atoms with Crippen LogP contribution in [0.3, 0.4) is 0 Å². The van der Waals surface area contributed by atoms with Crippen LogP contribution in [0.5, 0.6) is 0 Å². The topological polar surface area (TPSA) is 48.0 Å². The lowest BCUT2D eigenvalue weighted by atomic mass is 10.1. The van der Waals surface area contributed by atoms with Crippen molar-refractivity contribution < 1.29 is 4.79 Å². The lowest BCUT2D eigenvalue weighted by molar-refractivity contribution is 0.100.